The van der Waals surface area contributed by atoms with Crippen LogP contribution in [0.5, 0.6) is 0 Å². The molecule has 1 aliphatic carbocycles. The van der Waals surface area contributed by atoms with E-state index in [1.54, 1.807) is 0 Å². The molecular weight excluding hydrogens is 390 g/mol. The number of likely N-dealkylation sites (tertiary alicyclic amines) is 1. The lowest BCUT2D eigenvalue weighted by Gasteiger charge is -2.33. The molecule has 2 N–H and O–H groups in total. The molecule has 166 valence electrons. The van der Waals surface area contributed by atoms with Gasteiger partial charge in [-0.25, -0.2) is 0 Å². The van der Waals surface area contributed by atoms with Crippen LogP contribution >= 0.6 is 0 Å². The Kier molecular flexibility index (Phi) is 6.27. The highest BCUT2D eigenvalue weighted by Crippen LogP contribution is 2.35. The fourth-order valence-electron chi connectivity index (χ4n) is 5.75. The highest BCUT2D eigenvalue weighted by molar-refractivity contribution is 5.96. The predicted octanol–water partition coefficient (Wildman–Crippen LogP) is 6.64. The first-order valence-electron chi connectivity index (χ1n) is 12.4. The first-order chi connectivity index (χ1) is 15.7. The Bertz CT molecular complexity index is 1060. The minimum absolute atomic E-state index is 0.341. The number of hydrogen-bond acceptors (Lipinski definition) is 2. The van der Waals surface area contributed by atoms with Crippen LogP contribution < -0.4 is 5.32 Å². The van der Waals surface area contributed by atoms with Gasteiger partial charge in [0.15, 0.2) is 0 Å². The smallest absolute Gasteiger partial charge is 0.128 e. The Balaban J connectivity index is 1.25. The number of hydrogen-bond donors (Lipinski definition) is 2. The summed E-state index contributed by atoms with van der Waals surface area (Å²) in [4.78, 5) is 2.21. The van der Waals surface area contributed by atoms with Crippen LogP contribution in [0.1, 0.15) is 74.1 Å². The molecule has 5 rings (SSSR count). The van der Waals surface area contributed by atoms with Crippen molar-refractivity contribution in [1.82, 2.24) is 10.2 Å². The molecule has 0 radical (unpaired) electrons. The molecular formula is C29H35N3. The van der Waals surface area contributed by atoms with Crippen LogP contribution in [0.25, 0.3) is 10.8 Å². The summed E-state index contributed by atoms with van der Waals surface area (Å²) in [6.07, 6.45) is 7.42. The highest BCUT2D eigenvalue weighted by atomic mass is 15.2. The van der Waals surface area contributed by atoms with Gasteiger partial charge in [0, 0.05) is 30.7 Å². The summed E-state index contributed by atoms with van der Waals surface area (Å²) in [5, 5.41) is 15.1. The Morgan fingerprint density at radius 1 is 0.906 bits per heavy atom. The van der Waals surface area contributed by atoms with Crippen molar-refractivity contribution < 1.29 is 0 Å². The monoisotopic (exact) mass is 425 g/mol. The molecule has 0 bridgehead atoms. The molecule has 3 aromatic rings. The second-order valence-corrected chi connectivity index (χ2v) is 9.68. The highest BCUT2D eigenvalue weighted by Gasteiger charge is 2.25. The van der Waals surface area contributed by atoms with Gasteiger partial charge in [-0.05, 0) is 66.8 Å². The van der Waals surface area contributed by atoms with Crippen molar-refractivity contribution in [2.75, 3.05) is 13.1 Å². The number of amidine groups is 1. The summed E-state index contributed by atoms with van der Waals surface area (Å²) >= 11 is 0. The van der Waals surface area contributed by atoms with Crippen LogP contribution in [0.3, 0.4) is 0 Å². The molecule has 1 saturated carbocycles. The molecule has 0 aromatic heterocycles. The van der Waals surface area contributed by atoms with Gasteiger partial charge in [0.2, 0.25) is 0 Å². The Hall–Kier alpha value is -2.65. The van der Waals surface area contributed by atoms with Crippen LogP contribution in [-0.2, 0) is 0 Å². The maximum atomic E-state index is 8.51. The molecule has 0 amide bonds. The first-order valence-corrected chi connectivity index (χ1v) is 12.4. The zero-order valence-corrected chi connectivity index (χ0v) is 19.2. The Morgan fingerprint density at radius 2 is 1.66 bits per heavy atom. The van der Waals surface area contributed by atoms with E-state index in [1.807, 2.05) is 0 Å². The molecule has 3 aromatic carbocycles. The van der Waals surface area contributed by atoms with Gasteiger partial charge in [-0.1, -0.05) is 73.2 Å². The Morgan fingerprint density at radius 3 is 2.47 bits per heavy atom. The second kappa shape index (κ2) is 9.46. The third-order valence-electron chi connectivity index (χ3n) is 7.53. The van der Waals surface area contributed by atoms with Crippen LogP contribution in [0, 0.1) is 5.41 Å². The lowest BCUT2D eigenvalue weighted by atomic mass is 9.80. The van der Waals surface area contributed by atoms with Crippen LogP contribution in [0.15, 0.2) is 66.7 Å². The molecule has 3 atom stereocenters. The maximum absolute atomic E-state index is 8.51. The van der Waals surface area contributed by atoms with E-state index >= 15 is 0 Å². The van der Waals surface area contributed by atoms with Crippen molar-refractivity contribution in [3.63, 3.8) is 0 Å². The normalized spacial score (nSPS) is 22.2. The molecule has 2 unspecified atom stereocenters. The zero-order chi connectivity index (χ0) is 21.9. The summed E-state index contributed by atoms with van der Waals surface area (Å²) in [5.41, 5.74) is 3.90. The topological polar surface area (TPSA) is 39.1 Å². The SMILES string of the molecule is C[C@@H](NC1CCCC(c2ccc(C(=N)N3CCCC3)cc2)C1)c1cccc2ccccc12. The summed E-state index contributed by atoms with van der Waals surface area (Å²) in [6, 6.07) is 25.2. The Labute approximate surface area is 192 Å². The number of nitrogens with zero attached hydrogens (tertiary/aromatic N) is 1. The molecule has 3 heteroatoms. The summed E-state index contributed by atoms with van der Waals surface area (Å²) in [5.74, 6) is 1.30. The molecule has 1 aliphatic heterocycles. The molecule has 2 fully saturated rings. The van der Waals surface area contributed by atoms with Crippen molar-refractivity contribution in [2.24, 2.45) is 0 Å². The molecule has 0 spiro atoms. The minimum Gasteiger partial charge on any atom is -0.357 e. The van der Waals surface area contributed by atoms with E-state index in [4.69, 9.17) is 5.41 Å². The van der Waals surface area contributed by atoms with E-state index in [2.05, 4.69) is 83.9 Å². The van der Waals surface area contributed by atoms with Crippen molar-refractivity contribution in [2.45, 2.75) is 63.5 Å². The molecule has 2 aliphatic rings. The molecule has 1 saturated heterocycles. The summed E-state index contributed by atoms with van der Waals surface area (Å²) in [7, 11) is 0. The molecule has 32 heavy (non-hydrogen) atoms. The number of nitrogens with one attached hydrogen (secondary N) is 2. The van der Waals surface area contributed by atoms with Crippen molar-refractivity contribution in [3.8, 4) is 0 Å². The number of benzene rings is 3. The second-order valence-electron chi connectivity index (χ2n) is 9.68. The average molecular weight is 426 g/mol. The molecule has 3 nitrogen and oxygen atoms in total. The third kappa shape index (κ3) is 4.45. The first kappa shape index (κ1) is 21.2. The van der Waals surface area contributed by atoms with E-state index in [-0.39, 0.29) is 0 Å². The largest absolute Gasteiger partial charge is 0.357 e. The van der Waals surface area contributed by atoms with Crippen molar-refractivity contribution in [3.05, 3.63) is 83.4 Å². The standard InChI is InChI=1S/C29H35N3/c1-21(27-13-7-9-23-8-2-3-12-28(23)27)31-26-11-6-10-25(20-26)22-14-16-24(17-15-22)29(30)32-18-4-5-19-32/h2-3,7-9,12-17,21,25-26,30-31H,4-6,10-11,18-20H2,1H3/t21-,25?,26?/m1/s1. The summed E-state index contributed by atoms with van der Waals surface area (Å²) in [6.45, 7) is 4.38. The fourth-order valence-corrected chi connectivity index (χ4v) is 5.75. The van der Waals surface area contributed by atoms with Gasteiger partial charge in [-0.3, -0.25) is 5.41 Å². The number of fused-ring (bicyclic) bond motifs is 1. The van der Waals surface area contributed by atoms with Crippen molar-refractivity contribution >= 4 is 16.6 Å². The van der Waals surface area contributed by atoms with Gasteiger partial charge in [-0.2, -0.15) is 0 Å². The average Bonchev–Trinajstić information content (AvgIpc) is 3.38. The van der Waals surface area contributed by atoms with E-state index in [9.17, 15) is 0 Å². The van der Waals surface area contributed by atoms with E-state index in [1.165, 1.54) is 60.4 Å². The molecule has 1 heterocycles. The fraction of sp³-hybridized carbons (Fsp3) is 0.414. The number of rotatable bonds is 5. The quantitative estimate of drug-likeness (QED) is 0.355. The van der Waals surface area contributed by atoms with Crippen LogP contribution in [-0.4, -0.2) is 29.9 Å². The van der Waals surface area contributed by atoms with Crippen LogP contribution in [0.4, 0.5) is 0 Å². The summed E-state index contributed by atoms with van der Waals surface area (Å²) < 4.78 is 0. The van der Waals surface area contributed by atoms with Crippen LogP contribution in [0.2, 0.25) is 0 Å². The van der Waals surface area contributed by atoms with Gasteiger partial charge in [0.1, 0.15) is 5.84 Å². The van der Waals surface area contributed by atoms with Gasteiger partial charge in [-0.15, -0.1) is 0 Å². The lowest BCUT2D eigenvalue weighted by molar-refractivity contribution is 0.319. The third-order valence-corrected chi connectivity index (χ3v) is 7.53. The minimum atomic E-state index is 0.341. The maximum Gasteiger partial charge on any atom is 0.128 e. The van der Waals surface area contributed by atoms with Gasteiger partial charge in [0.25, 0.3) is 0 Å². The van der Waals surface area contributed by atoms with Crippen molar-refractivity contribution in [1.29, 1.82) is 5.41 Å². The van der Waals surface area contributed by atoms with Gasteiger partial charge < -0.3 is 10.2 Å². The van der Waals surface area contributed by atoms with Gasteiger partial charge in [0.05, 0.1) is 0 Å². The van der Waals surface area contributed by atoms with E-state index in [0.29, 0.717) is 23.8 Å². The van der Waals surface area contributed by atoms with E-state index < -0.39 is 0 Å². The van der Waals surface area contributed by atoms with E-state index in [0.717, 1.165) is 18.7 Å². The zero-order valence-electron chi connectivity index (χ0n) is 19.2. The predicted molar refractivity (Wildman–Crippen MR) is 135 cm³/mol. The van der Waals surface area contributed by atoms with Gasteiger partial charge >= 0.3 is 0 Å². The lowest BCUT2D eigenvalue weighted by Crippen LogP contribution is -2.35.